The van der Waals surface area contributed by atoms with E-state index in [-0.39, 0.29) is 6.61 Å². The molecule has 0 atom stereocenters. The number of hydrogen-bond acceptors (Lipinski definition) is 3. The number of hydrogen-bond donors (Lipinski definition) is 1. The molecule has 0 saturated carbocycles. The van der Waals surface area contributed by atoms with Crippen LogP contribution in [0.25, 0.3) is 0 Å². The lowest BCUT2D eigenvalue weighted by atomic mass is 10.2. The Balaban J connectivity index is 2.07. The van der Waals surface area contributed by atoms with Crippen LogP contribution in [0.15, 0.2) is 48.5 Å². The minimum Gasteiger partial charge on any atom is -0.478 e. The molecule has 3 nitrogen and oxygen atoms in total. The zero-order valence-corrected chi connectivity index (χ0v) is 12.4. The van der Waals surface area contributed by atoms with Gasteiger partial charge in [0.15, 0.2) is 6.61 Å². The second kappa shape index (κ2) is 7.00. The van der Waals surface area contributed by atoms with Gasteiger partial charge in [-0.05, 0) is 40.8 Å². The third kappa shape index (κ3) is 3.86. The largest absolute Gasteiger partial charge is 0.478 e. The summed E-state index contributed by atoms with van der Waals surface area (Å²) >= 11 is 2.30. The van der Waals surface area contributed by atoms with Gasteiger partial charge in [0.05, 0.1) is 0 Å². The second-order valence-electron chi connectivity index (χ2n) is 3.89. The van der Waals surface area contributed by atoms with Gasteiger partial charge in [-0.3, -0.25) is 0 Å². The van der Waals surface area contributed by atoms with E-state index in [1.165, 1.54) is 3.57 Å². The standard InChI is InChI=1S/C15H13IN2O/c16-13-6-2-3-7-14(13)18-11-12-5-1-4-8-15(12)19-10-9-17/h1-8,18H,10-11H2. The molecular weight excluding hydrogens is 351 g/mol. The molecule has 0 unspecified atom stereocenters. The maximum absolute atomic E-state index is 8.57. The number of nitrogens with zero attached hydrogens (tertiary/aromatic N) is 1. The van der Waals surface area contributed by atoms with Crippen molar-refractivity contribution in [3.63, 3.8) is 0 Å². The molecule has 1 N–H and O–H groups in total. The molecule has 0 aliphatic rings. The molecule has 2 rings (SSSR count). The fraction of sp³-hybridized carbons (Fsp3) is 0.133. The zero-order chi connectivity index (χ0) is 13.5. The van der Waals surface area contributed by atoms with Gasteiger partial charge in [-0.2, -0.15) is 5.26 Å². The molecule has 4 heteroatoms. The summed E-state index contributed by atoms with van der Waals surface area (Å²) in [6.45, 7) is 0.738. The molecule has 0 fully saturated rings. The van der Waals surface area contributed by atoms with Gasteiger partial charge in [-0.15, -0.1) is 0 Å². The Labute approximate surface area is 126 Å². The molecule has 0 radical (unpaired) electrons. The van der Waals surface area contributed by atoms with E-state index in [1.54, 1.807) is 0 Å². The van der Waals surface area contributed by atoms with E-state index < -0.39 is 0 Å². The van der Waals surface area contributed by atoms with Crippen molar-refractivity contribution >= 4 is 28.3 Å². The molecule has 0 heterocycles. The topological polar surface area (TPSA) is 45.0 Å². The summed E-state index contributed by atoms with van der Waals surface area (Å²) in [6, 6.07) is 17.8. The summed E-state index contributed by atoms with van der Waals surface area (Å²) < 4.78 is 6.58. The van der Waals surface area contributed by atoms with Crippen molar-refractivity contribution in [1.82, 2.24) is 0 Å². The highest BCUT2D eigenvalue weighted by molar-refractivity contribution is 14.1. The zero-order valence-electron chi connectivity index (χ0n) is 10.3. The monoisotopic (exact) mass is 364 g/mol. The van der Waals surface area contributed by atoms with Crippen LogP contribution in [0.2, 0.25) is 0 Å². The lowest BCUT2D eigenvalue weighted by Gasteiger charge is -2.12. The lowest BCUT2D eigenvalue weighted by molar-refractivity contribution is 0.364. The van der Waals surface area contributed by atoms with Crippen LogP contribution in [0.4, 0.5) is 5.69 Å². The summed E-state index contributed by atoms with van der Waals surface area (Å²) in [5.74, 6) is 0.752. The Morgan fingerprint density at radius 1 is 1.11 bits per heavy atom. The maximum Gasteiger partial charge on any atom is 0.174 e. The molecule has 2 aromatic carbocycles. The number of ether oxygens (including phenoxy) is 1. The Hall–Kier alpha value is -1.74. The van der Waals surface area contributed by atoms with Crippen LogP contribution in [-0.4, -0.2) is 6.61 Å². The van der Waals surface area contributed by atoms with E-state index in [1.807, 2.05) is 48.5 Å². The Morgan fingerprint density at radius 2 is 1.84 bits per heavy atom. The Bertz CT molecular complexity index is 593. The van der Waals surface area contributed by atoms with Gasteiger partial charge in [-0.25, -0.2) is 0 Å². The highest BCUT2D eigenvalue weighted by Crippen LogP contribution is 2.22. The van der Waals surface area contributed by atoms with Gasteiger partial charge in [0, 0.05) is 21.4 Å². The normalized spacial score (nSPS) is 9.68. The summed E-state index contributed by atoms with van der Waals surface area (Å²) in [7, 11) is 0. The van der Waals surface area contributed by atoms with E-state index in [0.29, 0.717) is 6.54 Å². The average molecular weight is 364 g/mol. The number of nitrogens with one attached hydrogen (secondary N) is 1. The molecule has 0 amide bonds. The first kappa shape index (κ1) is 13.7. The summed E-state index contributed by atoms with van der Waals surface area (Å²) in [5, 5.41) is 11.9. The van der Waals surface area contributed by atoms with Gasteiger partial charge in [-0.1, -0.05) is 30.3 Å². The van der Waals surface area contributed by atoms with Crippen molar-refractivity contribution in [2.45, 2.75) is 6.54 Å². The molecule has 0 aliphatic heterocycles. The molecule has 2 aromatic rings. The highest BCUT2D eigenvalue weighted by Gasteiger charge is 2.03. The van der Waals surface area contributed by atoms with Gasteiger partial charge in [0.25, 0.3) is 0 Å². The Kier molecular flexibility index (Phi) is 5.04. The van der Waals surface area contributed by atoms with Crippen LogP contribution in [-0.2, 0) is 6.54 Å². The van der Waals surface area contributed by atoms with Crippen LogP contribution < -0.4 is 10.1 Å². The summed E-state index contributed by atoms with van der Waals surface area (Å²) in [4.78, 5) is 0. The lowest BCUT2D eigenvalue weighted by Crippen LogP contribution is -2.04. The first-order valence-electron chi connectivity index (χ1n) is 5.87. The minimum atomic E-state index is 0.0693. The highest BCUT2D eigenvalue weighted by atomic mass is 127. The third-order valence-corrected chi connectivity index (χ3v) is 3.55. The fourth-order valence-electron chi connectivity index (χ4n) is 1.70. The minimum absolute atomic E-state index is 0.0693. The van der Waals surface area contributed by atoms with E-state index in [9.17, 15) is 0 Å². The van der Waals surface area contributed by atoms with Crippen LogP contribution >= 0.6 is 22.6 Å². The third-order valence-electron chi connectivity index (χ3n) is 2.61. The van der Waals surface area contributed by atoms with Crippen molar-refractivity contribution < 1.29 is 4.74 Å². The van der Waals surface area contributed by atoms with Gasteiger partial charge in [0.2, 0.25) is 0 Å². The number of rotatable bonds is 5. The number of halogens is 1. The van der Waals surface area contributed by atoms with Crippen LogP contribution in [0.5, 0.6) is 5.75 Å². The first-order valence-corrected chi connectivity index (χ1v) is 6.95. The molecule has 0 saturated heterocycles. The fourth-order valence-corrected chi connectivity index (χ4v) is 2.27. The number of anilines is 1. The number of para-hydroxylation sites is 2. The van der Waals surface area contributed by atoms with Crippen molar-refractivity contribution in [2.24, 2.45) is 0 Å². The van der Waals surface area contributed by atoms with E-state index in [0.717, 1.165) is 17.0 Å². The van der Waals surface area contributed by atoms with E-state index in [4.69, 9.17) is 10.00 Å². The van der Waals surface area contributed by atoms with Crippen molar-refractivity contribution in [3.05, 3.63) is 57.7 Å². The Morgan fingerprint density at radius 3 is 2.63 bits per heavy atom. The molecule has 0 aliphatic carbocycles. The quantitative estimate of drug-likeness (QED) is 0.821. The summed E-state index contributed by atoms with van der Waals surface area (Å²) in [5.41, 5.74) is 2.13. The van der Waals surface area contributed by atoms with Crippen LogP contribution in [0.1, 0.15) is 5.56 Å². The van der Waals surface area contributed by atoms with Crippen molar-refractivity contribution in [2.75, 3.05) is 11.9 Å². The van der Waals surface area contributed by atoms with E-state index >= 15 is 0 Å². The van der Waals surface area contributed by atoms with Crippen LogP contribution in [0, 0.1) is 14.9 Å². The second-order valence-corrected chi connectivity index (χ2v) is 5.05. The first-order chi connectivity index (χ1) is 9.31. The predicted octanol–water partition coefficient (Wildman–Crippen LogP) is 3.81. The van der Waals surface area contributed by atoms with Gasteiger partial charge in [0.1, 0.15) is 11.8 Å². The van der Waals surface area contributed by atoms with Gasteiger partial charge >= 0.3 is 0 Å². The average Bonchev–Trinajstić information content (AvgIpc) is 2.45. The molecule has 19 heavy (non-hydrogen) atoms. The van der Waals surface area contributed by atoms with Crippen molar-refractivity contribution in [3.8, 4) is 11.8 Å². The molecular formula is C15H13IN2O. The molecule has 96 valence electrons. The smallest absolute Gasteiger partial charge is 0.174 e. The summed E-state index contributed by atoms with van der Waals surface area (Å²) in [6.07, 6.45) is 0. The SMILES string of the molecule is N#CCOc1ccccc1CNc1ccccc1I. The maximum atomic E-state index is 8.57. The molecule has 0 spiro atoms. The van der Waals surface area contributed by atoms with Gasteiger partial charge < -0.3 is 10.1 Å². The van der Waals surface area contributed by atoms with Crippen LogP contribution in [0.3, 0.4) is 0 Å². The number of nitriles is 1. The van der Waals surface area contributed by atoms with Crippen molar-refractivity contribution in [1.29, 1.82) is 5.26 Å². The van der Waals surface area contributed by atoms with E-state index in [2.05, 4.69) is 34.0 Å². The molecule has 0 aromatic heterocycles. The predicted molar refractivity (Wildman–Crippen MR) is 84.0 cm³/mol. The molecule has 0 bridgehead atoms. The number of benzene rings is 2.